The van der Waals surface area contributed by atoms with Gasteiger partial charge in [-0.2, -0.15) is 5.10 Å². The molecule has 2 heterocycles. The Hall–Kier alpha value is -2.00. The summed E-state index contributed by atoms with van der Waals surface area (Å²) in [6, 6.07) is 0. The van der Waals surface area contributed by atoms with E-state index in [0.29, 0.717) is 28.7 Å². The second-order valence-corrected chi connectivity index (χ2v) is 14.6. The van der Waals surface area contributed by atoms with Gasteiger partial charge in [0.25, 0.3) is 0 Å². The molecule has 6 rings (SSSR count). The van der Waals surface area contributed by atoms with Gasteiger partial charge in [0.05, 0.1) is 35.6 Å². The van der Waals surface area contributed by atoms with E-state index in [4.69, 9.17) is 14.6 Å². The first-order valence-corrected chi connectivity index (χ1v) is 15.5. The highest BCUT2D eigenvalue weighted by Gasteiger charge is 2.74. The Morgan fingerprint density at radius 1 is 1.17 bits per heavy atom. The molecule has 1 saturated heterocycles. The first-order valence-electron chi connectivity index (χ1n) is 15.5. The number of hydrogen-bond donors (Lipinski definition) is 3. The fourth-order valence-corrected chi connectivity index (χ4v) is 9.93. The van der Waals surface area contributed by atoms with E-state index < -0.39 is 35.1 Å². The van der Waals surface area contributed by atoms with Gasteiger partial charge in [0.1, 0.15) is 11.7 Å². The minimum absolute atomic E-state index is 0.0345. The third-order valence-electron chi connectivity index (χ3n) is 12.3. The molecule has 8 heteroatoms. The van der Waals surface area contributed by atoms with Gasteiger partial charge in [-0.3, -0.25) is 4.68 Å². The number of rotatable bonds is 5. The van der Waals surface area contributed by atoms with E-state index in [1.165, 1.54) is 0 Å². The zero-order valence-corrected chi connectivity index (χ0v) is 25.7. The maximum atomic E-state index is 14.0. The highest BCUT2D eigenvalue weighted by molar-refractivity contribution is 5.92. The molecule has 41 heavy (non-hydrogen) atoms. The molecule has 1 spiro atoms. The summed E-state index contributed by atoms with van der Waals surface area (Å²) in [6.45, 7) is 16.3. The molecule has 1 aromatic rings. The molecule has 9 atom stereocenters. The Labute approximate surface area is 243 Å². The number of carbonyl (C=O) groups excluding carboxylic acids is 1. The molecule has 0 amide bonds. The summed E-state index contributed by atoms with van der Waals surface area (Å²) in [5.41, 5.74) is 1.43. The fourth-order valence-electron chi connectivity index (χ4n) is 9.93. The number of esters is 1. The number of aliphatic hydroxyl groups is 3. The molecule has 226 valence electrons. The normalized spacial score (nSPS) is 41.5. The van der Waals surface area contributed by atoms with Crippen LogP contribution in [0, 0.1) is 59.7 Å². The SMILES string of the molecule is CC1=C[C@]23C(O)[C@@H](C=C(CO)[C@@H](O)[C@]2(C)[C@H]1OC(=O)c1c(C)nn(CC2CCOCC2)c1C)[C@H]1[C@@H](C[C@H]3C)C1(C)C. The second kappa shape index (κ2) is 9.76. The van der Waals surface area contributed by atoms with Gasteiger partial charge in [0.2, 0.25) is 0 Å². The van der Waals surface area contributed by atoms with Crippen molar-refractivity contribution >= 4 is 5.97 Å². The lowest BCUT2D eigenvalue weighted by Gasteiger charge is -2.53. The monoisotopic (exact) mass is 568 g/mol. The number of carbonyl (C=O) groups is 1. The molecule has 1 unspecified atom stereocenters. The molecule has 8 nitrogen and oxygen atoms in total. The lowest BCUT2D eigenvalue weighted by Crippen LogP contribution is -2.60. The van der Waals surface area contributed by atoms with E-state index in [9.17, 15) is 20.1 Å². The molecule has 1 aliphatic heterocycles. The maximum Gasteiger partial charge on any atom is 0.342 e. The number of hydrogen-bond acceptors (Lipinski definition) is 7. The van der Waals surface area contributed by atoms with Crippen LogP contribution >= 0.6 is 0 Å². The molecule has 3 fully saturated rings. The number of aryl methyl sites for hydroxylation is 1. The van der Waals surface area contributed by atoms with Gasteiger partial charge in [-0.1, -0.05) is 39.8 Å². The molecule has 0 radical (unpaired) electrons. The fraction of sp³-hybridized carbons (Fsp3) is 0.758. The van der Waals surface area contributed by atoms with Gasteiger partial charge in [-0.15, -0.1) is 0 Å². The molecule has 3 N–H and O–H groups in total. The van der Waals surface area contributed by atoms with Crippen LogP contribution in [0.4, 0.5) is 0 Å². The van der Waals surface area contributed by atoms with Crippen LogP contribution in [0.2, 0.25) is 0 Å². The number of nitrogens with zero attached hydrogens (tertiary/aromatic N) is 2. The first kappa shape index (κ1) is 29.1. The van der Waals surface area contributed by atoms with E-state index in [2.05, 4.69) is 26.8 Å². The number of ether oxygens (including phenoxy) is 2. The third-order valence-corrected chi connectivity index (χ3v) is 12.3. The van der Waals surface area contributed by atoms with Crippen molar-refractivity contribution in [1.82, 2.24) is 9.78 Å². The quantitative estimate of drug-likeness (QED) is 0.364. The van der Waals surface area contributed by atoms with E-state index in [1.54, 1.807) is 0 Å². The van der Waals surface area contributed by atoms with E-state index >= 15 is 0 Å². The predicted molar refractivity (Wildman–Crippen MR) is 154 cm³/mol. The van der Waals surface area contributed by atoms with Crippen LogP contribution in [0.25, 0.3) is 0 Å². The number of aromatic nitrogens is 2. The summed E-state index contributed by atoms with van der Waals surface area (Å²) in [5, 5.41) is 39.5. The summed E-state index contributed by atoms with van der Waals surface area (Å²) in [7, 11) is 0. The number of fused-ring (bicyclic) bond motifs is 3. The highest BCUT2D eigenvalue weighted by atomic mass is 16.5. The van der Waals surface area contributed by atoms with Gasteiger partial charge in [0.15, 0.2) is 0 Å². The van der Waals surface area contributed by atoms with Crippen LogP contribution in [-0.2, 0) is 16.0 Å². The lowest BCUT2D eigenvalue weighted by atomic mass is 9.53. The summed E-state index contributed by atoms with van der Waals surface area (Å²) in [6.07, 6.45) is 4.31. The van der Waals surface area contributed by atoms with Crippen molar-refractivity contribution in [2.75, 3.05) is 19.8 Å². The molecular weight excluding hydrogens is 520 g/mol. The number of aliphatic hydroxyl groups excluding tert-OH is 3. The van der Waals surface area contributed by atoms with Crippen LogP contribution < -0.4 is 0 Å². The molecule has 2 saturated carbocycles. The van der Waals surface area contributed by atoms with E-state index in [0.717, 1.165) is 50.3 Å². The summed E-state index contributed by atoms with van der Waals surface area (Å²) < 4.78 is 13.8. The Balaban J connectivity index is 1.36. The van der Waals surface area contributed by atoms with Crippen LogP contribution in [0.5, 0.6) is 0 Å². The van der Waals surface area contributed by atoms with Crippen molar-refractivity contribution in [3.63, 3.8) is 0 Å². The molecule has 1 aromatic heterocycles. The minimum atomic E-state index is -1.09. The Morgan fingerprint density at radius 2 is 1.85 bits per heavy atom. The molecule has 5 aliphatic rings. The average molecular weight is 569 g/mol. The Bertz CT molecular complexity index is 1290. The first-order chi connectivity index (χ1) is 19.3. The van der Waals surface area contributed by atoms with Crippen molar-refractivity contribution in [2.45, 2.75) is 92.6 Å². The van der Waals surface area contributed by atoms with Crippen LogP contribution in [0.3, 0.4) is 0 Å². The maximum absolute atomic E-state index is 14.0. The molecule has 2 bridgehead atoms. The largest absolute Gasteiger partial charge is 0.453 e. The zero-order valence-electron chi connectivity index (χ0n) is 25.7. The predicted octanol–water partition coefficient (Wildman–Crippen LogP) is 3.99. The molecule has 0 aromatic carbocycles. The summed E-state index contributed by atoms with van der Waals surface area (Å²) in [5.74, 6) is 0.567. The average Bonchev–Trinajstić information content (AvgIpc) is 3.27. The van der Waals surface area contributed by atoms with Crippen molar-refractivity contribution in [2.24, 2.45) is 45.8 Å². The topological polar surface area (TPSA) is 114 Å². The van der Waals surface area contributed by atoms with Gasteiger partial charge < -0.3 is 24.8 Å². The molecule has 4 aliphatic carbocycles. The van der Waals surface area contributed by atoms with Gasteiger partial charge in [0, 0.05) is 31.1 Å². The van der Waals surface area contributed by atoms with Crippen molar-refractivity contribution in [3.8, 4) is 0 Å². The Kier molecular flexibility index (Phi) is 6.93. The van der Waals surface area contributed by atoms with Gasteiger partial charge in [-0.05, 0) is 80.3 Å². The Morgan fingerprint density at radius 3 is 2.51 bits per heavy atom. The second-order valence-electron chi connectivity index (χ2n) is 14.6. The van der Waals surface area contributed by atoms with E-state index in [1.807, 2.05) is 38.5 Å². The van der Waals surface area contributed by atoms with Crippen LogP contribution in [0.15, 0.2) is 23.3 Å². The smallest absolute Gasteiger partial charge is 0.342 e. The van der Waals surface area contributed by atoms with Crippen molar-refractivity contribution in [3.05, 3.63) is 40.2 Å². The van der Waals surface area contributed by atoms with Gasteiger partial charge in [-0.25, -0.2) is 4.79 Å². The van der Waals surface area contributed by atoms with Crippen molar-refractivity contribution < 1.29 is 29.6 Å². The van der Waals surface area contributed by atoms with E-state index in [-0.39, 0.29) is 29.8 Å². The lowest BCUT2D eigenvalue weighted by molar-refractivity contribution is -0.154. The highest BCUT2D eigenvalue weighted by Crippen LogP contribution is 2.74. The zero-order chi connectivity index (χ0) is 29.6. The van der Waals surface area contributed by atoms with Crippen molar-refractivity contribution in [1.29, 1.82) is 0 Å². The standard InChI is InChI=1S/C33H48N2O6/c1-17-14-33-18(2)12-24-26(31(24,5)6)23(28(33)38)13-22(16-36)27(37)32(33,7)29(17)41-30(39)25-19(3)34-35(20(25)4)15-21-8-10-40-11-9-21/h13-14,18,21,23-24,26-29,36-38H,8-12,15-16H2,1-7H3/t18-,23+,24-,26+,27-,28?,29+,32-,33+/m1/s1. The molecular formula is C33H48N2O6. The summed E-state index contributed by atoms with van der Waals surface area (Å²) in [4.78, 5) is 14.0. The summed E-state index contributed by atoms with van der Waals surface area (Å²) >= 11 is 0. The van der Waals surface area contributed by atoms with Crippen LogP contribution in [0.1, 0.15) is 75.6 Å². The van der Waals surface area contributed by atoms with Gasteiger partial charge >= 0.3 is 5.97 Å². The minimum Gasteiger partial charge on any atom is -0.453 e. The third kappa shape index (κ3) is 3.93. The van der Waals surface area contributed by atoms with Crippen LogP contribution in [-0.4, -0.2) is 69.2 Å².